The van der Waals surface area contributed by atoms with Gasteiger partial charge in [-0.25, -0.2) is 0 Å². The normalized spacial score (nSPS) is 17.5. The van der Waals surface area contributed by atoms with E-state index in [9.17, 15) is 0 Å². The standard InChI is InChI=1S/C15H20NO/c1-2-17-16-12-13-8-10-15(11-9-13)14-6-4-3-5-7-14/h8-11,14H,2-7H2,1H3. The molecule has 1 fully saturated rings. The summed E-state index contributed by atoms with van der Waals surface area (Å²) in [5, 5.41) is 3.75. The Morgan fingerprint density at radius 2 is 1.88 bits per heavy atom. The Kier molecular flexibility index (Phi) is 4.60. The van der Waals surface area contributed by atoms with Crippen LogP contribution >= 0.6 is 0 Å². The summed E-state index contributed by atoms with van der Waals surface area (Å²) < 4.78 is 0. The fourth-order valence-electron chi connectivity index (χ4n) is 2.42. The predicted octanol–water partition coefficient (Wildman–Crippen LogP) is 3.98. The second-order valence-electron chi connectivity index (χ2n) is 4.58. The zero-order chi connectivity index (χ0) is 11.9. The highest BCUT2D eigenvalue weighted by Crippen LogP contribution is 2.32. The monoisotopic (exact) mass is 230 g/mol. The molecule has 0 aromatic heterocycles. The molecule has 1 radical (unpaired) electrons. The Hall–Kier alpha value is -1.31. The molecule has 0 N–H and O–H groups in total. The van der Waals surface area contributed by atoms with E-state index in [1.807, 2.05) is 6.92 Å². The molecule has 0 amide bonds. The molecule has 0 atom stereocenters. The minimum absolute atomic E-state index is 0.590. The average Bonchev–Trinajstić information content (AvgIpc) is 2.41. The predicted molar refractivity (Wildman–Crippen MR) is 70.4 cm³/mol. The molecule has 0 spiro atoms. The van der Waals surface area contributed by atoms with Gasteiger partial charge in [-0.3, -0.25) is 0 Å². The van der Waals surface area contributed by atoms with Crippen LogP contribution < -0.4 is 0 Å². The number of benzene rings is 1. The molecule has 91 valence electrons. The van der Waals surface area contributed by atoms with Gasteiger partial charge in [0.1, 0.15) is 12.8 Å². The smallest absolute Gasteiger partial charge is 0.139 e. The van der Waals surface area contributed by atoms with Gasteiger partial charge in [0.2, 0.25) is 0 Å². The van der Waals surface area contributed by atoms with Crippen molar-refractivity contribution in [3.05, 3.63) is 35.4 Å². The minimum Gasteiger partial charge on any atom is -0.396 e. The Bertz CT molecular complexity index is 350. The first kappa shape index (κ1) is 12.2. The molecule has 0 saturated heterocycles. The molecular formula is C15H20NO. The van der Waals surface area contributed by atoms with Crippen molar-refractivity contribution in [2.75, 3.05) is 6.61 Å². The van der Waals surface area contributed by atoms with Gasteiger partial charge < -0.3 is 4.84 Å². The largest absolute Gasteiger partial charge is 0.396 e. The van der Waals surface area contributed by atoms with E-state index in [1.165, 1.54) is 37.7 Å². The van der Waals surface area contributed by atoms with Crippen LogP contribution in [0.2, 0.25) is 0 Å². The Labute approximate surface area is 104 Å². The van der Waals surface area contributed by atoms with Gasteiger partial charge in [0, 0.05) is 5.56 Å². The van der Waals surface area contributed by atoms with E-state index in [0.717, 1.165) is 11.5 Å². The number of rotatable bonds is 4. The number of nitrogens with zero attached hydrogens (tertiary/aromatic N) is 1. The molecule has 0 unspecified atom stereocenters. The van der Waals surface area contributed by atoms with Gasteiger partial charge in [-0.2, -0.15) is 0 Å². The van der Waals surface area contributed by atoms with E-state index < -0.39 is 0 Å². The summed E-state index contributed by atoms with van der Waals surface area (Å²) in [5.41, 5.74) is 2.45. The Morgan fingerprint density at radius 1 is 1.18 bits per heavy atom. The number of hydrogen-bond donors (Lipinski definition) is 0. The van der Waals surface area contributed by atoms with E-state index >= 15 is 0 Å². The molecule has 2 nitrogen and oxygen atoms in total. The second kappa shape index (κ2) is 6.43. The van der Waals surface area contributed by atoms with Gasteiger partial charge in [-0.1, -0.05) is 48.7 Å². The van der Waals surface area contributed by atoms with Gasteiger partial charge in [0.25, 0.3) is 0 Å². The van der Waals surface area contributed by atoms with Crippen molar-refractivity contribution in [1.29, 1.82) is 0 Å². The fourth-order valence-corrected chi connectivity index (χ4v) is 2.42. The summed E-state index contributed by atoms with van der Waals surface area (Å²) in [4.78, 5) is 4.90. The lowest BCUT2D eigenvalue weighted by molar-refractivity contribution is 0.160. The van der Waals surface area contributed by atoms with Crippen molar-refractivity contribution in [2.24, 2.45) is 5.16 Å². The molecule has 0 aliphatic heterocycles. The first-order chi connectivity index (χ1) is 8.40. The summed E-state index contributed by atoms with van der Waals surface area (Å²) in [6.07, 6.45) is 9.73. The lowest BCUT2D eigenvalue weighted by atomic mass is 9.84. The van der Waals surface area contributed by atoms with Crippen LogP contribution in [0.1, 0.15) is 56.1 Å². The second-order valence-corrected chi connectivity index (χ2v) is 4.58. The summed E-state index contributed by atoms with van der Waals surface area (Å²) >= 11 is 0. The molecular weight excluding hydrogens is 210 g/mol. The maximum atomic E-state index is 4.90. The summed E-state index contributed by atoms with van der Waals surface area (Å²) in [5.74, 6) is 0.765. The molecule has 1 aliphatic carbocycles. The fraction of sp³-hybridized carbons (Fsp3) is 0.533. The van der Waals surface area contributed by atoms with E-state index in [1.54, 1.807) is 0 Å². The highest BCUT2D eigenvalue weighted by molar-refractivity contribution is 5.79. The minimum atomic E-state index is 0.590. The summed E-state index contributed by atoms with van der Waals surface area (Å²) in [6, 6.07) is 8.57. The summed E-state index contributed by atoms with van der Waals surface area (Å²) in [6.45, 7) is 2.50. The first-order valence-electron chi connectivity index (χ1n) is 6.58. The van der Waals surface area contributed by atoms with Gasteiger partial charge >= 0.3 is 0 Å². The Morgan fingerprint density at radius 3 is 2.53 bits per heavy atom. The third kappa shape index (κ3) is 3.58. The van der Waals surface area contributed by atoms with E-state index in [4.69, 9.17) is 4.84 Å². The van der Waals surface area contributed by atoms with Gasteiger partial charge in [0.15, 0.2) is 0 Å². The average molecular weight is 230 g/mol. The van der Waals surface area contributed by atoms with Crippen LogP contribution in [0, 0.1) is 0 Å². The maximum Gasteiger partial charge on any atom is 0.139 e. The van der Waals surface area contributed by atoms with Crippen LogP contribution in [0.3, 0.4) is 0 Å². The van der Waals surface area contributed by atoms with E-state index in [-0.39, 0.29) is 0 Å². The van der Waals surface area contributed by atoms with Crippen LogP contribution in [0.5, 0.6) is 0 Å². The van der Waals surface area contributed by atoms with Gasteiger partial charge in [0.05, 0.1) is 0 Å². The zero-order valence-electron chi connectivity index (χ0n) is 10.5. The van der Waals surface area contributed by atoms with Gasteiger partial charge in [-0.05, 0) is 31.2 Å². The van der Waals surface area contributed by atoms with Crippen molar-refractivity contribution >= 4 is 6.21 Å². The zero-order valence-corrected chi connectivity index (χ0v) is 10.5. The van der Waals surface area contributed by atoms with Crippen molar-refractivity contribution in [3.8, 4) is 0 Å². The first-order valence-corrected chi connectivity index (χ1v) is 6.58. The lowest BCUT2D eigenvalue weighted by Crippen LogP contribution is -2.04. The van der Waals surface area contributed by atoms with Crippen LogP contribution in [-0.4, -0.2) is 12.8 Å². The molecule has 1 aliphatic rings. The molecule has 0 heterocycles. The van der Waals surface area contributed by atoms with Crippen LogP contribution in [0.25, 0.3) is 0 Å². The molecule has 2 heteroatoms. The van der Waals surface area contributed by atoms with E-state index in [0.29, 0.717) is 6.61 Å². The lowest BCUT2D eigenvalue weighted by Gasteiger charge is -2.21. The SMILES string of the molecule is CCO/N=[C]/c1ccc(C2CCCCC2)cc1. The third-order valence-electron chi connectivity index (χ3n) is 3.36. The molecule has 1 aromatic rings. The topological polar surface area (TPSA) is 21.6 Å². The highest BCUT2D eigenvalue weighted by Gasteiger charge is 2.14. The van der Waals surface area contributed by atoms with Gasteiger partial charge in [-0.15, -0.1) is 0 Å². The van der Waals surface area contributed by atoms with Crippen molar-refractivity contribution < 1.29 is 4.84 Å². The van der Waals surface area contributed by atoms with Crippen LogP contribution in [-0.2, 0) is 4.84 Å². The third-order valence-corrected chi connectivity index (χ3v) is 3.36. The Balaban J connectivity index is 1.97. The van der Waals surface area contributed by atoms with Crippen molar-refractivity contribution in [2.45, 2.75) is 44.9 Å². The number of hydrogen-bond acceptors (Lipinski definition) is 2. The van der Waals surface area contributed by atoms with E-state index in [2.05, 4.69) is 35.6 Å². The maximum absolute atomic E-state index is 4.90. The van der Waals surface area contributed by atoms with Crippen LogP contribution in [0.15, 0.2) is 29.4 Å². The molecule has 2 rings (SSSR count). The molecule has 0 bridgehead atoms. The molecule has 17 heavy (non-hydrogen) atoms. The highest BCUT2D eigenvalue weighted by atomic mass is 16.6. The molecule has 1 saturated carbocycles. The van der Waals surface area contributed by atoms with Crippen LogP contribution in [0.4, 0.5) is 0 Å². The quantitative estimate of drug-likeness (QED) is 0.566. The van der Waals surface area contributed by atoms with Crippen molar-refractivity contribution in [3.63, 3.8) is 0 Å². The summed E-state index contributed by atoms with van der Waals surface area (Å²) in [7, 11) is 0. The molecule has 1 aromatic carbocycles. The van der Waals surface area contributed by atoms with Crippen molar-refractivity contribution in [1.82, 2.24) is 0 Å².